The number of aryl methyl sites for hydroxylation is 1. The van der Waals surface area contributed by atoms with Gasteiger partial charge in [0.05, 0.1) is 13.2 Å². The number of carbonyl (C=O) groups excluding carboxylic acids is 2. The first kappa shape index (κ1) is 18.0. The van der Waals surface area contributed by atoms with E-state index in [0.717, 1.165) is 0 Å². The van der Waals surface area contributed by atoms with E-state index < -0.39 is 23.7 Å². The second-order valence-electron chi connectivity index (χ2n) is 6.46. The molecule has 0 radical (unpaired) electrons. The van der Waals surface area contributed by atoms with E-state index in [9.17, 15) is 9.59 Å². The molecule has 1 amide bonds. The highest BCUT2D eigenvalue weighted by atomic mass is 16.6. The number of aromatic nitrogens is 2. The number of rotatable bonds is 4. The molecule has 0 saturated carbocycles. The third-order valence-corrected chi connectivity index (χ3v) is 2.92. The van der Waals surface area contributed by atoms with Crippen LogP contribution in [0.15, 0.2) is 0 Å². The summed E-state index contributed by atoms with van der Waals surface area (Å²) in [6.45, 7) is 11.0. The number of nitrogens with zero attached hydrogens (tertiary/aromatic N) is 1. The maximum absolute atomic E-state index is 12.0. The van der Waals surface area contributed by atoms with Crippen LogP contribution in [0.3, 0.4) is 0 Å². The number of aromatic amines is 1. The molecule has 22 heavy (non-hydrogen) atoms. The van der Waals surface area contributed by atoms with Crippen molar-refractivity contribution in [1.29, 1.82) is 0 Å². The standard InChI is InChI=1S/C15H25N3O4/c1-8(2)10(18-14(20)22-15(4,5)6)12-16-9(3)11(17-12)13(19)21-7/h8,10H,1-7H3,(H,16,17)(H,18,20)/t10-/m0/s1. The van der Waals surface area contributed by atoms with Crippen molar-refractivity contribution < 1.29 is 19.1 Å². The van der Waals surface area contributed by atoms with E-state index in [0.29, 0.717) is 11.5 Å². The molecule has 0 aliphatic rings. The number of esters is 1. The maximum atomic E-state index is 12.0. The Morgan fingerprint density at radius 3 is 2.32 bits per heavy atom. The lowest BCUT2D eigenvalue weighted by molar-refractivity contribution is 0.0486. The third kappa shape index (κ3) is 4.75. The Kier molecular flexibility index (Phi) is 5.57. The van der Waals surface area contributed by atoms with Crippen LogP contribution in [0.1, 0.15) is 62.7 Å². The quantitative estimate of drug-likeness (QED) is 0.834. The number of H-pyrrole nitrogens is 1. The van der Waals surface area contributed by atoms with Crippen molar-refractivity contribution in [1.82, 2.24) is 15.3 Å². The Morgan fingerprint density at radius 1 is 1.27 bits per heavy atom. The smallest absolute Gasteiger partial charge is 0.408 e. The molecule has 1 atom stereocenters. The number of ether oxygens (including phenoxy) is 2. The molecule has 2 N–H and O–H groups in total. The summed E-state index contributed by atoms with van der Waals surface area (Å²) in [6, 6.07) is -0.396. The minimum Gasteiger partial charge on any atom is -0.464 e. The van der Waals surface area contributed by atoms with E-state index in [1.54, 1.807) is 27.7 Å². The zero-order valence-corrected chi connectivity index (χ0v) is 14.2. The molecule has 0 saturated heterocycles. The molecule has 0 spiro atoms. The Labute approximate surface area is 130 Å². The summed E-state index contributed by atoms with van der Waals surface area (Å²) in [4.78, 5) is 30.9. The summed E-state index contributed by atoms with van der Waals surface area (Å²) in [7, 11) is 1.30. The van der Waals surface area contributed by atoms with E-state index in [1.807, 2.05) is 13.8 Å². The van der Waals surface area contributed by atoms with Crippen LogP contribution in [0, 0.1) is 12.8 Å². The van der Waals surface area contributed by atoms with Gasteiger partial charge in [-0.15, -0.1) is 0 Å². The maximum Gasteiger partial charge on any atom is 0.408 e. The molecule has 1 rings (SSSR count). The summed E-state index contributed by atoms with van der Waals surface area (Å²) >= 11 is 0. The molecule has 0 aliphatic carbocycles. The number of alkyl carbamates (subject to hydrolysis) is 1. The van der Waals surface area contributed by atoms with Crippen molar-refractivity contribution in [3.8, 4) is 0 Å². The highest BCUT2D eigenvalue weighted by Crippen LogP contribution is 2.21. The highest BCUT2D eigenvalue weighted by molar-refractivity contribution is 5.88. The average Bonchev–Trinajstić information content (AvgIpc) is 2.74. The van der Waals surface area contributed by atoms with Gasteiger partial charge in [0.1, 0.15) is 11.4 Å². The zero-order chi connectivity index (χ0) is 17.1. The van der Waals surface area contributed by atoms with E-state index in [2.05, 4.69) is 20.0 Å². The van der Waals surface area contributed by atoms with Gasteiger partial charge in [-0.05, 0) is 33.6 Å². The molecular formula is C15H25N3O4. The Bertz CT molecular complexity index is 543. The lowest BCUT2D eigenvalue weighted by atomic mass is 10.0. The normalized spacial score (nSPS) is 12.9. The van der Waals surface area contributed by atoms with Gasteiger partial charge < -0.3 is 19.8 Å². The van der Waals surface area contributed by atoms with Crippen molar-refractivity contribution in [2.75, 3.05) is 7.11 Å². The van der Waals surface area contributed by atoms with Crippen LogP contribution in [0.5, 0.6) is 0 Å². The third-order valence-electron chi connectivity index (χ3n) is 2.92. The van der Waals surface area contributed by atoms with E-state index in [1.165, 1.54) is 7.11 Å². The second kappa shape index (κ2) is 6.81. The van der Waals surface area contributed by atoms with Crippen LogP contribution in [-0.2, 0) is 9.47 Å². The highest BCUT2D eigenvalue weighted by Gasteiger charge is 2.27. The Balaban J connectivity index is 2.97. The van der Waals surface area contributed by atoms with Crippen LogP contribution in [0.2, 0.25) is 0 Å². The van der Waals surface area contributed by atoms with Crippen molar-refractivity contribution in [2.45, 2.75) is 53.2 Å². The molecule has 0 fully saturated rings. The van der Waals surface area contributed by atoms with Gasteiger partial charge in [0.15, 0.2) is 5.69 Å². The van der Waals surface area contributed by atoms with Gasteiger partial charge in [-0.1, -0.05) is 13.8 Å². The molecule has 7 heteroatoms. The van der Waals surface area contributed by atoms with Crippen LogP contribution in [0.25, 0.3) is 0 Å². The molecule has 0 bridgehead atoms. The first-order valence-corrected chi connectivity index (χ1v) is 7.19. The fourth-order valence-corrected chi connectivity index (χ4v) is 1.91. The lowest BCUT2D eigenvalue weighted by Gasteiger charge is -2.24. The van der Waals surface area contributed by atoms with Crippen LogP contribution in [0.4, 0.5) is 4.79 Å². The fourth-order valence-electron chi connectivity index (χ4n) is 1.91. The molecule has 124 valence electrons. The summed E-state index contributed by atoms with van der Waals surface area (Å²) in [5.74, 6) is 0.0436. The number of hydrogen-bond donors (Lipinski definition) is 2. The number of amides is 1. The van der Waals surface area contributed by atoms with Gasteiger partial charge in [0, 0.05) is 5.69 Å². The summed E-state index contributed by atoms with van der Waals surface area (Å²) in [5, 5.41) is 2.78. The number of hydrogen-bond acceptors (Lipinski definition) is 5. The van der Waals surface area contributed by atoms with E-state index >= 15 is 0 Å². The predicted octanol–water partition coefficient (Wildman–Crippen LogP) is 2.73. The molecule has 1 aromatic rings. The average molecular weight is 311 g/mol. The molecule has 0 aliphatic heterocycles. The molecular weight excluding hydrogens is 286 g/mol. The zero-order valence-electron chi connectivity index (χ0n) is 14.2. The lowest BCUT2D eigenvalue weighted by Crippen LogP contribution is -2.37. The molecule has 0 aromatic carbocycles. The van der Waals surface area contributed by atoms with Crippen molar-refractivity contribution >= 4 is 12.1 Å². The minimum absolute atomic E-state index is 0.0589. The van der Waals surface area contributed by atoms with Crippen molar-refractivity contribution in [3.63, 3.8) is 0 Å². The van der Waals surface area contributed by atoms with Gasteiger partial charge in [0.2, 0.25) is 0 Å². The van der Waals surface area contributed by atoms with Crippen LogP contribution in [-0.4, -0.2) is 34.7 Å². The minimum atomic E-state index is -0.581. The Hall–Kier alpha value is -2.05. The first-order valence-electron chi connectivity index (χ1n) is 7.19. The van der Waals surface area contributed by atoms with Crippen LogP contribution < -0.4 is 5.32 Å². The first-order chi connectivity index (χ1) is 10.0. The van der Waals surface area contributed by atoms with E-state index in [4.69, 9.17) is 4.74 Å². The van der Waals surface area contributed by atoms with Crippen molar-refractivity contribution in [2.24, 2.45) is 5.92 Å². The van der Waals surface area contributed by atoms with Gasteiger partial charge in [0.25, 0.3) is 0 Å². The topological polar surface area (TPSA) is 93.3 Å². The van der Waals surface area contributed by atoms with Crippen molar-refractivity contribution in [3.05, 3.63) is 17.2 Å². The van der Waals surface area contributed by atoms with Gasteiger partial charge >= 0.3 is 12.1 Å². The number of nitrogens with one attached hydrogen (secondary N) is 2. The number of imidazole rings is 1. The molecule has 7 nitrogen and oxygen atoms in total. The van der Waals surface area contributed by atoms with Crippen LogP contribution >= 0.6 is 0 Å². The summed E-state index contributed by atoms with van der Waals surface area (Å²) in [6.07, 6.45) is -0.528. The fraction of sp³-hybridized carbons (Fsp3) is 0.667. The van der Waals surface area contributed by atoms with E-state index in [-0.39, 0.29) is 11.6 Å². The largest absolute Gasteiger partial charge is 0.464 e. The van der Waals surface area contributed by atoms with Gasteiger partial charge in [-0.25, -0.2) is 14.6 Å². The Morgan fingerprint density at radius 2 is 1.86 bits per heavy atom. The van der Waals surface area contributed by atoms with Gasteiger partial charge in [-0.3, -0.25) is 0 Å². The molecule has 1 heterocycles. The van der Waals surface area contributed by atoms with Gasteiger partial charge in [-0.2, -0.15) is 0 Å². The SMILES string of the molecule is COC(=O)c1nc([C@@H](NC(=O)OC(C)(C)C)C(C)C)[nH]c1C. The monoisotopic (exact) mass is 311 g/mol. The molecule has 0 unspecified atom stereocenters. The summed E-state index contributed by atoms with van der Waals surface area (Å²) < 4.78 is 9.95. The predicted molar refractivity (Wildman–Crippen MR) is 81.6 cm³/mol. The summed E-state index contributed by atoms with van der Waals surface area (Å²) in [5.41, 5.74) is 0.231. The number of methoxy groups -OCH3 is 1. The molecule has 1 aromatic heterocycles. The number of carbonyl (C=O) groups is 2. The second-order valence-corrected chi connectivity index (χ2v) is 6.46.